The maximum absolute atomic E-state index is 4.67. The summed E-state index contributed by atoms with van der Waals surface area (Å²) < 4.78 is 0. The number of nitrogens with one attached hydrogen (secondary N) is 2. The zero-order valence-electron chi connectivity index (χ0n) is 11.6. The Hall–Kier alpha value is -1.68. The molecule has 20 heavy (non-hydrogen) atoms. The van der Waals surface area contributed by atoms with Gasteiger partial charge in [0.2, 0.25) is 0 Å². The van der Waals surface area contributed by atoms with Crippen molar-refractivity contribution in [1.82, 2.24) is 15.3 Å². The third-order valence-electron chi connectivity index (χ3n) is 4.74. The Kier molecular flexibility index (Phi) is 2.84. The molecule has 0 radical (unpaired) electrons. The first-order valence-electron chi connectivity index (χ1n) is 7.56. The van der Waals surface area contributed by atoms with Crippen molar-refractivity contribution >= 4 is 16.9 Å². The fraction of sp³-hybridized carbons (Fsp3) is 0.500. The van der Waals surface area contributed by atoms with Crippen LogP contribution < -0.4 is 10.6 Å². The number of aromatic nitrogens is 2. The number of anilines is 1. The van der Waals surface area contributed by atoms with Gasteiger partial charge in [-0.15, -0.1) is 0 Å². The summed E-state index contributed by atoms with van der Waals surface area (Å²) in [7, 11) is 0. The van der Waals surface area contributed by atoms with Gasteiger partial charge in [-0.1, -0.05) is 12.1 Å². The molecule has 1 aromatic carbocycles. The summed E-state index contributed by atoms with van der Waals surface area (Å²) in [5.74, 6) is 0.907. The average Bonchev–Trinajstić information content (AvgIpc) is 2.46. The molecule has 1 saturated heterocycles. The maximum Gasteiger partial charge on any atom is 0.145 e. The molecule has 1 unspecified atom stereocenters. The zero-order chi connectivity index (χ0) is 13.4. The van der Waals surface area contributed by atoms with Crippen LogP contribution in [0.2, 0.25) is 0 Å². The van der Waals surface area contributed by atoms with Crippen LogP contribution >= 0.6 is 0 Å². The topological polar surface area (TPSA) is 49.8 Å². The second-order valence-corrected chi connectivity index (χ2v) is 6.14. The maximum atomic E-state index is 4.67. The van der Waals surface area contributed by atoms with E-state index in [-0.39, 0.29) is 0 Å². The minimum absolute atomic E-state index is 0.417. The normalized spacial score (nSPS) is 24.5. The van der Waals surface area contributed by atoms with Crippen molar-refractivity contribution in [3.63, 3.8) is 0 Å². The third kappa shape index (κ3) is 2.14. The number of hydrogen-bond acceptors (Lipinski definition) is 4. The molecule has 0 bridgehead atoms. The highest BCUT2D eigenvalue weighted by atomic mass is 15.1. The van der Waals surface area contributed by atoms with Gasteiger partial charge in [-0.3, -0.25) is 4.98 Å². The van der Waals surface area contributed by atoms with Crippen molar-refractivity contribution in [3.8, 4) is 0 Å². The van der Waals surface area contributed by atoms with Crippen LogP contribution in [0.4, 0.5) is 5.82 Å². The van der Waals surface area contributed by atoms with Crippen LogP contribution in [0.15, 0.2) is 30.5 Å². The Bertz CT molecular complexity index is 621. The monoisotopic (exact) mass is 268 g/mol. The van der Waals surface area contributed by atoms with E-state index in [1.807, 2.05) is 30.5 Å². The summed E-state index contributed by atoms with van der Waals surface area (Å²) in [6.45, 7) is 1.11. The van der Waals surface area contributed by atoms with E-state index in [1.165, 1.54) is 25.7 Å². The second-order valence-electron chi connectivity index (χ2n) is 6.14. The second kappa shape index (κ2) is 4.70. The quantitative estimate of drug-likeness (QED) is 0.879. The standard InChI is InChI=1S/C16H20N4/c1-2-5-14-13(4-1)17-11-15(20-14)19-12-6-9-18-16(10-12)7-3-8-16/h1-2,4-5,11-12,18H,3,6-10H2,(H,19,20). The molecule has 1 saturated carbocycles. The fourth-order valence-electron chi connectivity index (χ4n) is 3.50. The summed E-state index contributed by atoms with van der Waals surface area (Å²) in [5.41, 5.74) is 2.34. The molecule has 4 rings (SSSR count). The summed E-state index contributed by atoms with van der Waals surface area (Å²) >= 11 is 0. The largest absolute Gasteiger partial charge is 0.366 e. The Morgan fingerprint density at radius 2 is 2.05 bits per heavy atom. The van der Waals surface area contributed by atoms with Gasteiger partial charge in [0, 0.05) is 11.6 Å². The fourth-order valence-corrected chi connectivity index (χ4v) is 3.50. The molecular formula is C16H20N4. The SMILES string of the molecule is c1ccc2nc(NC3CCNC4(CCC4)C3)cnc2c1. The van der Waals surface area contributed by atoms with Gasteiger partial charge >= 0.3 is 0 Å². The molecular weight excluding hydrogens is 248 g/mol. The smallest absolute Gasteiger partial charge is 0.145 e. The van der Waals surface area contributed by atoms with E-state index in [4.69, 9.17) is 0 Å². The molecule has 4 heteroatoms. The van der Waals surface area contributed by atoms with Gasteiger partial charge in [0.05, 0.1) is 17.2 Å². The minimum Gasteiger partial charge on any atom is -0.366 e. The van der Waals surface area contributed by atoms with Crippen molar-refractivity contribution in [3.05, 3.63) is 30.5 Å². The number of fused-ring (bicyclic) bond motifs is 1. The van der Waals surface area contributed by atoms with E-state index in [0.29, 0.717) is 11.6 Å². The molecule has 2 aliphatic rings. The van der Waals surface area contributed by atoms with Crippen molar-refractivity contribution in [1.29, 1.82) is 0 Å². The van der Waals surface area contributed by atoms with E-state index in [1.54, 1.807) is 0 Å². The molecule has 2 N–H and O–H groups in total. The molecule has 2 aromatic rings. The molecule has 104 valence electrons. The van der Waals surface area contributed by atoms with Gasteiger partial charge in [-0.25, -0.2) is 4.98 Å². The molecule has 1 aliphatic carbocycles. The predicted octanol–water partition coefficient (Wildman–Crippen LogP) is 2.72. The van der Waals surface area contributed by atoms with Crippen LogP contribution in [0.5, 0.6) is 0 Å². The number of para-hydroxylation sites is 2. The molecule has 2 fully saturated rings. The van der Waals surface area contributed by atoms with Gasteiger partial charge in [0.15, 0.2) is 0 Å². The third-order valence-corrected chi connectivity index (χ3v) is 4.74. The Labute approximate surface area is 119 Å². The minimum atomic E-state index is 0.417. The number of nitrogens with zero attached hydrogens (tertiary/aromatic N) is 2. The highest BCUT2D eigenvalue weighted by Gasteiger charge is 2.40. The van der Waals surface area contributed by atoms with Gasteiger partial charge < -0.3 is 10.6 Å². The first-order valence-corrected chi connectivity index (χ1v) is 7.56. The molecule has 1 aromatic heterocycles. The first kappa shape index (κ1) is 12.1. The Balaban J connectivity index is 1.52. The van der Waals surface area contributed by atoms with Crippen molar-refractivity contribution < 1.29 is 0 Å². The average molecular weight is 268 g/mol. The summed E-state index contributed by atoms with van der Waals surface area (Å²) in [6, 6.07) is 8.54. The van der Waals surface area contributed by atoms with Crippen molar-refractivity contribution in [2.45, 2.75) is 43.7 Å². The van der Waals surface area contributed by atoms with Gasteiger partial charge in [0.25, 0.3) is 0 Å². The molecule has 0 amide bonds. The van der Waals surface area contributed by atoms with Gasteiger partial charge in [0.1, 0.15) is 5.82 Å². The van der Waals surface area contributed by atoms with Gasteiger partial charge in [-0.2, -0.15) is 0 Å². The molecule has 2 heterocycles. The van der Waals surface area contributed by atoms with E-state index in [0.717, 1.165) is 29.8 Å². The lowest BCUT2D eigenvalue weighted by Crippen LogP contribution is -2.58. The number of hydrogen-bond donors (Lipinski definition) is 2. The van der Waals surface area contributed by atoms with Crippen LogP contribution in [0.3, 0.4) is 0 Å². The number of rotatable bonds is 2. The van der Waals surface area contributed by atoms with E-state index in [2.05, 4.69) is 20.6 Å². The van der Waals surface area contributed by atoms with Crippen LogP contribution in [0, 0.1) is 0 Å². The molecule has 1 atom stereocenters. The van der Waals surface area contributed by atoms with Gasteiger partial charge in [-0.05, 0) is 50.8 Å². The lowest BCUT2D eigenvalue weighted by molar-refractivity contribution is 0.135. The molecule has 1 aliphatic heterocycles. The van der Waals surface area contributed by atoms with Crippen LogP contribution in [-0.4, -0.2) is 28.1 Å². The zero-order valence-corrected chi connectivity index (χ0v) is 11.6. The summed E-state index contributed by atoms with van der Waals surface area (Å²) in [4.78, 5) is 9.14. The summed E-state index contributed by atoms with van der Waals surface area (Å²) in [6.07, 6.45) is 8.26. The van der Waals surface area contributed by atoms with Crippen LogP contribution in [0.1, 0.15) is 32.1 Å². The summed E-state index contributed by atoms with van der Waals surface area (Å²) in [5, 5.41) is 7.28. The highest BCUT2D eigenvalue weighted by molar-refractivity contribution is 5.75. The van der Waals surface area contributed by atoms with E-state index >= 15 is 0 Å². The van der Waals surface area contributed by atoms with Crippen LogP contribution in [-0.2, 0) is 0 Å². The molecule has 1 spiro atoms. The number of piperidine rings is 1. The van der Waals surface area contributed by atoms with Crippen LogP contribution in [0.25, 0.3) is 11.0 Å². The lowest BCUT2D eigenvalue weighted by atomic mass is 9.70. The first-order chi connectivity index (χ1) is 9.83. The number of benzene rings is 1. The van der Waals surface area contributed by atoms with Crippen molar-refractivity contribution in [2.24, 2.45) is 0 Å². The van der Waals surface area contributed by atoms with E-state index in [9.17, 15) is 0 Å². The van der Waals surface area contributed by atoms with Crippen molar-refractivity contribution in [2.75, 3.05) is 11.9 Å². The molecule has 4 nitrogen and oxygen atoms in total. The lowest BCUT2D eigenvalue weighted by Gasteiger charge is -2.48. The predicted molar refractivity (Wildman–Crippen MR) is 80.8 cm³/mol. The highest BCUT2D eigenvalue weighted by Crippen LogP contribution is 2.38. The Morgan fingerprint density at radius 3 is 2.85 bits per heavy atom. The van der Waals surface area contributed by atoms with E-state index < -0.39 is 0 Å². The Morgan fingerprint density at radius 1 is 1.20 bits per heavy atom.